The maximum atomic E-state index is 5.90. The molecule has 0 spiro atoms. The number of fused-ring (bicyclic) bond motifs is 1. The zero-order valence-electron chi connectivity index (χ0n) is 11.2. The monoisotopic (exact) mass is 265 g/mol. The number of nitrogens with one attached hydrogen (secondary N) is 1. The van der Waals surface area contributed by atoms with Gasteiger partial charge in [0.1, 0.15) is 5.75 Å². The lowest BCUT2D eigenvalue weighted by Gasteiger charge is -2.08. The molecule has 0 amide bonds. The van der Waals surface area contributed by atoms with E-state index in [1.165, 1.54) is 0 Å². The van der Waals surface area contributed by atoms with E-state index in [0.717, 1.165) is 28.8 Å². The zero-order valence-corrected chi connectivity index (χ0v) is 11.2. The number of rotatable bonds is 4. The molecule has 3 aromatic rings. The van der Waals surface area contributed by atoms with Crippen molar-refractivity contribution >= 4 is 10.9 Å². The van der Waals surface area contributed by atoms with Crippen LogP contribution in [0.25, 0.3) is 10.9 Å². The summed E-state index contributed by atoms with van der Waals surface area (Å²) in [6.45, 7) is 0.788. The van der Waals surface area contributed by atoms with Gasteiger partial charge in [0.15, 0.2) is 0 Å². The van der Waals surface area contributed by atoms with E-state index in [0.29, 0.717) is 5.88 Å². The van der Waals surface area contributed by atoms with Gasteiger partial charge in [-0.15, -0.1) is 0 Å². The fraction of sp³-hybridized carbons (Fsp3) is 0.125. The maximum Gasteiger partial charge on any atom is 0.219 e. The van der Waals surface area contributed by atoms with Gasteiger partial charge in [-0.3, -0.25) is 4.98 Å². The maximum absolute atomic E-state index is 5.90. The number of nitrogens with zero attached hydrogens (tertiary/aromatic N) is 2. The molecular weight excluding hydrogens is 250 g/mol. The zero-order chi connectivity index (χ0) is 13.8. The van der Waals surface area contributed by atoms with Crippen molar-refractivity contribution in [2.24, 2.45) is 0 Å². The van der Waals surface area contributed by atoms with Gasteiger partial charge in [0.2, 0.25) is 5.88 Å². The molecule has 100 valence electrons. The molecule has 2 heterocycles. The lowest BCUT2D eigenvalue weighted by Crippen LogP contribution is -2.05. The Kier molecular flexibility index (Phi) is 3.56. The number of hydrogen-bond acceptors (Lipinski definition) is 4. The second-order valence-corrected chi connectivity index (χ2v) is 4.46. The van der Waals surface area contributed by atoms with E-state index in [4.69, 9.17) is 4.74 Å². The van der Waals surface area contributed by atoms with Crippen molar-refractivity contribution in [2.75, 3.05) is 7.05 Å². The minimum absolute atomic E-state index is 0.592. The summed E-state index contributed by atoms with van der Waals surface area (Å²) in [6.07, 6.45) is 3.53. The predicted molar refractivity (Wildman–Crippen MR) is 78.8 cm³/mol. The van der Waals surface area contributed by atoms with E-state index in [1.54, 1.807) is 12.4 Å². The van der Waals surface area contributed by atoms with Crippen LogP contribution in [0.15, 0.2) is 54.9 Å². The van der Waals surface area contributed by atoms with Gasteiger partial charge in [0.25, 0.3) is 0 Å². The summed E-state index contributed by atoms with van der Waals surface area (Å²) in [5.41, 5.74) is 2.05. The Morgan fingerprint density at radius 1 is 1.05 bits per heavy atom. The van der Waals surface area contributed by atoms with Gasteiger partial charge in [0, 0.05) is 30.4 Å². The largest absolute Gasteiger partial charge is 0.438 e. The van der Waals surface area contributed by atoms with Crippen LogP contribution in [0.2, 0.25) is 0 Å². The molecule has 0 atom stereocenters. The average molecular weight is 265 g/mol. The Labute approximate surface area is 117 Å². The molecule has 0 radical (unpaired) electrons. The molecule has 0 saturated carbocycles. The molecule has 4 nitrogen and oxygen atoms in total. The van der Waals surface area contributed by atoms with Gasteiger partial charge < -0.3 is 10.1 Å². The molecule has 0 saturated heterocycles. The highest BCUT2D eigenvalue weighted by Crippen LogP contribution is 2.27. The summed E-state index contributed by atoms with van der Waals surface area (Å²) in [5, 5.41) is 4.09. The van der Waals surface area contributed by atoms with Crippen molar-refractivity contribution < 1.29 is 4.74 Å². The summed E-state index contributed by atoms with van der Waals surface area (Å²) in [5.74, 6) is 1.36. The second kappa shape index (κ2) is 5.67. The molecule has 1 aromatic carbocycles. The van der Waals surface area contributed by atoms with Crippen LogP contribution < -0.4 is 10.1 Å². The third-order valence-electron chi connectivity index (χ3n) is 3.00. The second-order valence-electron chi connectivity index (χ2n) is 4.46. The van der Waals surface area contributed by atoms with Crippen LogP contribution in [0.5, 0.6) is 11.6 Å². The lowest BCUT2D eigenvalue weighted by atomic mass is 10.2. The SMILES string of the molecule is CNCc1ccnc(Oc2cccc3ncccc23)c1. The van der Waals surface area contributed by atoms with Crippen LogP contribution in [0.4, 0.5) is 0 Å². The number of pyridine rings is 2. The first-order valence-corrected chi connectivity index (χ1v) is 6.48. The molecule has 1 N–H and O–H groups in total. The van der Waals surface area contributed by atoms with E-state index >= 15 is 0 Å². The molecular formula is C16H15N3O. The van der Waals surface area contributed by atoms with Gasteiger partial charge in [0.05, 0.1) is 5.52 Å². The Bertz CT molecular complexity index is 722. The van der Waals surface area contributed by atoms with Gasteiger partial charge in [-0.2, -0.15) is 0 Å². The highest BCUT2D eigenvalue weighted by Gasteiger charge is 2.05. The Morgan fingerprint density at radius 3 is 2.90 bits per heavy atom. The summed E-state index contributed by atoms with van der Waals surface area (Å²) < 4.78 is 5.90. The topological polar surface area (TPSA) is 47.0 Å². The predicted octanol–water partition coefficient (Wildman–Crippen LogP) is 3.14. The van der Waals surface area contributed by atoms with Gasteiger partial charge >= 0.3 is 0 Å². The van der Waals surface area contributed by atoms with Crippen molar-refractivity contribution in [3.63, 3.8) is 0 Å². The summed E-state index contributed by atoms with van der Waals surface area (Å²) >= 11 is 0. The molecule has 0 aliphatic rings. The normalized spacial score (nSPS) is 10.7. The van der Waals surface area contributed by atoms with Gasteiger partial charge in [-0.1, -0.05) is 6.07 Å². The smallest absolute Gasteiger partial charge is 0.219 e. The first-order valence-electron chi connectivity index (χ1n) is 6.48. The van der Waals surface area contributed by atoms with Gasteiger partial charge in [-0.25, -0.2) is 4.98 Å². The van der Waals surface area contributed by atoms with Crippen molar-refractivity contribution in [1.29, 1.82) is 0 Å². The van der Waals surface area contributed by atoms with E-state index in [-0.39, 0.29) is 0 Å². The third kappa shape index (κ3) is 2.60. The number of ether oxygens (including phenoxy) is 1. The summed E-state index contributed by atoms with van der Waals surface area (Å²) in [4.78, 5) is 8.57. The van der Waals surface area contributed by atoms with E-state index < -0.39 is 0 Å². The number of aromatic nitrogens is 2. The molecule has 0 fully saturated rings. The van der Waals surface area contributed by atoms with Crippen LogP contribution >= 0.6 is 0 Å². The minimum Gasteiger partial charge on any atom is -0.438 e. The first-order chi connectivity index (χ1) is 9.86. The summed E-state index contributed by atoms with van der Waals surface area (Å²) in [7, 11) is 1.91. The van der Waals surface area contributed by atoms with Crippen LogP contribution in [0.1, 0.15) is 5.56 Å². The van der Waals surface area contributed by atoms with Crippen molar-refractivity contribution in [1.82, 2.24) is 15.3 Å². The molecule has 4 heteroatoms. The van der Waals surface area contributed by atoms with Crippen LogP contribution in [-0.4, -0.2) is 17.0 Å². The Hall–Kier alpha value is -2.46. The van der Waals surface area contributed by atoms with Gasteiger partial charge in [-0.05, 0) is 42.9 Å². The Balaban J connectivity index is 1.95. The first kappa shape index (κ1) is 12.6. The molecule has 0 aliphatic heterocycles. The standard InChI is InChI=1S/C16H15N3O/c1-17-11-12-7-9-19-16(10-12)20-15-6-2-5-14-13(15)4-3-8-18-14/h2-10,17H,11H2,1H3. The van der Waals surface area contributed by atoms with Crippen molar-refractivity contribution in [3.05, 3.63) is 60.4 Å². The van der Waals surface area contributed by atoms with Crippen LogP contribution in [-0.2, 0) is 6.54 Å². The highest BCUT2D eigenvalue weighted by atomic mass is 16.5. The molecule has 0 bridgehead atoms. The van der Waals surface area contributed by atoms with E-state index in [2.05, 4.69) is 15.3 Å². The highest BCUT2D eigenvalue weighted by molar-refractivity contribution is 5.85. The molecule has 2 aromatic heterocycles. The van der Waals surface area contributed by atoms with Crippen molar-refractivity contribution in [3.8, 4) is 11.6 Å². The van der Waals surface area contributed by atoms with Crippen LogP contribution in [0, 0.1) is 0 Å². The number of hydrogen-bond donors (Lipinski definition) is 1. The Morgan fingerprint density at radius 2 is 2.00 bits per heavy atom. The third-order valence-corrected chi connectivity index (χ3v) is 3.00. The van der Waals surface area contributed by atoms with Crippen LogP contribution in [0.3, 0.4) is 0 Å². The fourth-order valence-corrected chi connectivity index (χ4v) is 2.10. The van der Waals surface area contributed by atoms with Crippen molar-refractivity contribution in [2.45, 2.75) is 6.54 Å². The fourth-order valence-electron chi connectivity index (χ4n) is 2.10. The van der Waals surface area contributed by atoms with E-state index in [9.17, 15) is 0 Å². The minimum atomic E-state index is 0.592. The molecule has 0 unspecified atom stereocenters. The molecule has 3 rings (SSSR count). The molecule has 0 aliphatic carbocycles. The molecule has 20 heavy (non-hydrogen) atoms. The summed E-state index contributed by atoms with van der Waals surface area (Å²) in [6, 6.07) is 13.6. The number of benzene rings is 1. The van der Waals surface area contributed by atoms with E-state index in [1.807, 2.05) is 49.5 Å². The quantitative estimate of drug-likeness (QED) is 0.787. The lowest BCUT2D eigenvalue weighted by molar-refractivity contribution is 0.467. The average Bonchev–Trinajstić information content (AvgIpc) is 2.48.